The summed E-state index contributed by atoms with van der Waals surface area (Å²) < 4.78 is 2.48. The van der Waals surface area contributed by atoms with Crippen molar-refractivity contribution in [1.82, 2.24) is 14.6 Å². The van der Waals surface area contributed by atoms with Crippen LogP contribution in [0.5, 0.6) is 0 Å². The van der Waals surface area contributed by atoms with Gasteiger partial charge in [-0.1, -0.05) is 30.3 Å². The molecule has 4 nitrogen and oxygen atoms in total. The van der Waals surface area contributed by atoms with Crippen molar-refractivity contribution in [2.24, 2.45) is 0 Å². The van der Waals surface area contributed by atoms with Crippen molar-refractivity contribution in [3.05, 3.63) is 46.6 Å². The second-order valence-electron chi connectivity index (χ2n) is 4.08. The van der Waals surface area contributed by atoms with Crippen LogP contribution in [0, 0.1) is 6.92 Å². The van der Waals surface area contributed by atoms with Gasteiger partial charge in [0.25, 0.3) is 0 Å². The van der Waals surface area contributed by atoms with Gasteiger partial charge >= 0.3 is 0 Å². The van der Waals surface area contributed by atoms with E-state index in [9.17, 15) is 0 Å². The third-order valence-electron chi connectivity index (χ3n) is 2.81. The molecular formula is C13H11BrN4. The monoisotopic (exact) mass is 302 g/mol. The smallest absolute Gasteiger partial charge is 0.172 e. The van der Waals surface area contributed by atoms with E-state index in [1.807, 2.05) is 43.3 Å². The topological polar surface area (TPSA) is 56.2 Å². The lowest BCUT2D eigenvalue weighted by Gasteiger charge is -2.04. The van der Waals surface area contributed by atoms with Crippen molar-refractivity contribution < 1.29 is 0 Å². The summed E-state index contributed by atoms with van der Waals surface area (Å²) in [5.74, 6) is 0.454. The molecule has 1 aromatic carbocycles. The van der Waals surface area contributed by atoms with Gasteiger partial charge in [-0.25, -0.2) is 9.50 Å². The second kappa shape index (κ2) is 4.10. The van der Waals surface area contributed by atoms with Crippen LogP contribution in [0.3, 0.4) is 0 Å². The van der Waals surface area contributed by atoms with Crippen LogP contribution < -0.4 is 5.73 Å². The summed E-state index contributed by atoms with van der Waals surface area (Å²) in [6.45, 7) is 1.99. The van der Waals surface area contributed by atoms with Crippen molar-refractivity contribution in [3.63, 3.8) is 0 Å². The molecule has 3 aromatic rings. The summed E-state index contributed by atoms with van der Waals surface area (Å²) in [7, 11) is 0. The summed E-state index contributed by atoms with van der Waals surface area (Å²) in [6, 6.07) is 12.0. The van der Waals surface area contributed by atoms with Crippen molar-refractivity contribution >= 4 is 27.4 Å². The highest BCUT2D eigenvalue weighted by Crippen LogP contribution is 2.26. The molecule has 0 radical (unpaired) electrons. The Morgan fingerprint density at radius 1 is 1.22 bits per heavy atom. The number of nitrogens with zero attached hydrogens (tertiary/aromatic N) is 3. The summed E-state index contributed by atoms with van der Waals surface area (Å²) >= 11 is 3.42. The molecule has 0 aliphatic rings. The molecule has 0 aliphatic carbocycles. The van der Waals surface area contributed by atoms with E-state index in [0.717, 1.165) is 27.1 Å². The highest BCUT2D eigenvalue weighted by molar-refractivity contribution is 9.10. The van der Waals surface area contributed by atoms with Crippen LogP contribution >= 0.6 is 15.9 Å². The summed E-state index contributed by atoms with van der Waals surface area (Å²) in [4.78, 5) is 4.60. The lowest BCUT2D eigenvalue weighted by atomic mass is 10.1. The summed E-state index contributed by atoms with van der Waals surface area (Å²) in [5.41, 5.74) is 9.53. The molecule has 0 atom stereocenters. The molecule has 0 spiro atoms. The number of halogens is 1. The Hall–Kier alpha value is -1.88. The molecule has 0 amide bonds. The first-order valence-corrected chi connectivity index (χ1v) is 6.33. The first-order chi connectivity index (χ1) is 8.66. The van der Waals surface area contributed by atoms with Gasteiger partial charge in [0.15, 0.2) is 11.5 Å². The molecule has 0 unspecified atom stereocenters. The maximum absolute atomic E-state index is 5.79. The Bertz CT molecular complexity index is 719. The van der Waals surface area contributed by atoms with E-state index >= 15 is 0 Å². The highest BCUT2D eigenvalue weighted by atomic mass is 79.9. The van der Waals surface area contributed by atoms with Gasteiger partial charge in [0.2, 0.25) is 0 Å². The number of hydrogen-bond acceptors (Lipinski definition) is 3. The maximum atomic E-state index is 5.79. The van der Waals surface area contributed by atoms with E-state index in [4.69, 9.17) is 5.73 Å². The molecule has 5 heteroatoms. The quantitative estimate of drug-likeness (QED) is 0.751. The minimum absolute atomic E-state index is 0.454. The zero-order valence-corrected chi connectivity index (χ0v) is 11.3. The minimum Gasteiger partial charge on any atom is -0.381 e. The van der Waals surface area contributed by atoms with E-state index in [1.54, 1.807) is 4.52 Å². The van der Waals surface area contributed by atoms with Crippen LogP contribution in [0.2, 0.25) is 0 Å². The summed E-state index contributed by atoms with van der Waals surface area (Å²) in [5, 5.41) is 4.23. The van der Waals surface area contributed by atoms with Gasteiger partial charge < -0.3 is 5.73 Å². The van der Waals surface area contributed by atoms with Crippen LogP contribution in [0.1, 0.15) is 5.69 Å². The fraction of sp³-hybridized carbons (Fsp3) is 0.0769. The third-order valence-corrected chi connectivity index (χ3v) is 3.57. The predicted octanol–water partition coefficient (Wildman–Crippen LogP) is 3.05. The molecule has 0 fully saturated rings. The number of rotatable bonds is 1. The SMILES string of the molecule is Cc1cc(-c2ccccc2)nc2c(Br)c(N)nn12. The molecule has 2 N–H and O–H groups in total. The number of fused-ring (bicyclic) bond motifs is 1. The molecule has 0 aliphatic heterocycles. The van der Waals surface area contributed by atoms with Crippen molar-refractivity contribution in [1.29, 1.82) is 0 Å². The Morgan fingerprint density at radius 2 is 1.94 bits per heavy atom. The normalized spacial score (nSPS) is 11.0. The predicted molar refractivity (Wildman–Crippen MR) is 75.3 cm³/mol. The van der Waals surface area contributed by atoms with Gasteiger partial charge in [-0.15, -0.1) is 5.10 Å². The van der Waals surface area contributed by atoms with E-state index in [-0.39, 0.29) is 0 Å². The fourth-order valence-electron chi connectivity index (χ4n) is 1.91. The minimum atomic E-state index is 0.454. The van der Waals surface area contributed by atoms with E-state index in [1.165, 1.54) is 0 Å². The number of benzene rings is 1. The average molecular weight is 303 g/mol. The molecule has 3 rings (SSSR count). The van der Waals surface area contributed by atoms with Gasteiger partial charge in [0.1, 0.15) is 4.47 Å². The fourth-order valence-corrected chi connectivity index (χ4v) is 2.25. The molecule has 0 bridgehead atoms. The van der Waals surface area contributed by atoms with Gasteiger partial charge in [0.05, 0.1) is 5.69 Å². The van der Waals surface area contributed by atoms with Crippen LogP contribution in [-0.2, 0) is 0 Å². The third kappa shape index (κ3) is 1.67. The summed E-state index contributed by atoms with van der Waals surface area (Å²) in [6.07, 6.45) is 0. The average Bonchev–Trinajstić information content (AvgIpc) is 2.68. The molecule has 18 heavy (non-hydrogen) atoms. The van der Waals surface area contributed by atoms with E-state index < -0.39 is 0 Å². The Labute approximate surface area is 113 Å². The lowest BCUT2D eigenvalue weighted by Crippen LogP contribution is -1.97. The first kappa shape index (κ1) is 11.2. The Morgan fingerprint density at radius 3 is 2.67 bits per heavy atom. The van der Waals surface area contributed by atoms with Crippen molar-refractivity contribution in [2.45, 2.75) is 6.92 Å². The standard InChI is InChI=1S/C13H11BrN4/c1-8-7-10(9-5-3-2-4-6-9)16-13-11(14)12(15)17-18(8)13/h2-7H,1H3,(H2,15,17). The number of nitrogen functional groups attached to an aromatic ring is 1. The second-order valence-corrected chi connectivity index (χ2v) is 4.88. The number of aryl methyl sites for hydroxylation is 1. The molecular weight excluding hydrogens is 292 g/mol. The molecule has 2 heterocycles. The number of aromatic nitrogens is 3. The van der Waals surface area contributed by atoms with Crippen LogP contribution in [-0.4, -0.2) is 14.6 Å². The molecule has 0 saturated carbocycles. The van der Waals surface area contributed by atoms with Crippen molar-refractivity contribution in [3.8, 4) is 11.3 Å². The zero-order chi connectivity index (χ0) is 12.7. The maximum Gasteiger partial charge on any atom is 0.172 e. The first-order valence-electron chi connectivity index (χ1n) is 5.53. The number of anilines is 1. The largest absolute Gasteiger partial charge is 0.381 e. The Balaban J connectivity index is 2.30. The van der Waals surface area contributed by atoms with Crippen LogP contribution in [0.15, 0.2) is 40.9 Å². The molecule has 2 aromatic heterocycles. The van der Waals surface area contributed by atoms with Crippen LogP contribution in [0.4, 0.5) is 5.82 Å². The highest BCUT2D eigenvalue weighted by Gasteiger charge is 2.12. The number of nitrogens with two attached hydrogens (primary N) is 1. The molecule has 90 valence electrons. The Kier molecular flexibility index (Phi) is 2.56. The van der Waals surface area contributed by atoms with Gasteiger partial charge in [-0.05, 0) is 28.9 Å². The van der Waals surface area contributed by atoms with E-state index in [2.05, 4.69) is 26.0 Å². The number of hydrogen-bond donors (Lipinski definition) is 1. The zero-order valence-electron chi connectivity index (χ0n) is 9.76. The van der Waals surface area contributed by atoms with Crippen molar-refractivity contribution in [2.75, 3.05) is 5.73 Å². The molecule has 0 saturated heterocycles. The van der Waals surface area contributed by atoms with E-state index in [0.29, 0.717) is 5.82 Å². The lowest BCUT2D eigenvalue weighted by molar-refractivity contribution is 0.901. The van der Waals surface area contributed by atoms with Gasteiger partial charge in [-0.2, -0.15) is 0 Å². The van der Waals surface area contributed by atoms with Crippen LogP contribution in [0.25, 0.3) is 16.9 Å². The van der Waals surface area contributed by atoms with Gasteiger partial charge in [0, 0.05) is 11.3 Å². The van der Waals surface area contributed by atoms with Gasteiger partial charge in [-0.3, -0.25) is 0 Å².